The lowest BCUT2D eigenvalue weighted by molar-refractivity contribution is 0.323. The molecule has 0 spiro atoms. The predicted molar refractivity (Wildman–Crippen MR) is 48.1 cm³/mol. The van der Waals surface area contributed by atoms with Crippen LogP contribution in [0.25, 0.3) is 0 Å². The summed E-state index contributed by atoms with van der Waals surface area (Å²) in [7, 11) is 0. The zero-order valence-electron chi connectivity index (χ0n) is 7.19. The van der Waals surface area contributed by atoms with Crippen LogP contribution in [0.15, 0.2) is 18.2 Å². The van der Waals surface area contributed by atoms with E-state index in [2.05, 4.69) is 5.32 Å². The van der Waals surface area contributed by atoms with Crippen LogP contribution in [-0.4, -0.2) is 12.7 Å². The second-order valence-electron chi connectivity index (χ2n) is 3.29. The predicted octanol–water partition coefficient (Wildman–Crippen LogP) is 2.52. The molecule has 1 nitrogen and oxygen atoms in total. The highest BCUT2D eigenvalue weighted by molar-refractivity contribution is 5.53. The molecule has 0 bridgehead atoms. The monoisotopic (exact) mass is 183 g/mol. The highest BCUT2D eigenvalue weighted by atomic mass is 19.1. The molecular formula is C10H11F2N. The van der Waals surface area contributed by atoms with Crippen LogP contribution >= 0.6 is 0 Å². The van der Waals surface area contributed by atoms with Crippen molar-refractivity contribution in [2.75, 3.05) is 11.9 Å². The Morgan fingerprint density at radius 1 is 1.38 bits per heavy atom. The van der Waals surface area contributed by atoms with Crippen LogP contribution < -0.4 is 5.32 Å². The van der Waals surface area contributed by atoms with E-state index in [1.165, 1.54) is 6.07 Å². The topological polar surface area (TPSA) is 12.0 Å². The number of fused-ring (bicyclic) bond motifs is 1. The molecule has 1 aromatic carbocycles. The van der Waals surface area contributed by atoms with Gasteiger partial charge in [0, 0.05) is 13.0 Å². The molecule has 70 valence electrons. The Morgan fingerprint density at radius 2 is 2.23 bits per heavy atom. The maximum atomic E-state index is 13.2. The Balaban J connectivity index is 2.39. The SMILES string of the molecule is Fc1cccc2c1NCCC(F)C2. The standard InChI is InChI=1S/C10H11F2N/c11-8-4-5-13-10-7(6-8)2-1-3-9(10)12/h1-3,8,13H,4-6H2. The molecule has 1 unspecified atom stereocenters. The van der Waals surface area contributed by atoms with E-state index >= 15 is 0 Å². The van der Waals surface area contributed by atoms with Crippen molar-refractivity contribution in [3.8, 4) is 0 Å². The largest absolute Gasteiger partial charge is 0.382 e. The molecule has 1 N–H and O–H groups in total. The van der Waals surface area contributed by atoms with Crippen molar-refractivity contribution in [2.45, 2.75) is 19.0 Å². The fraction of sp³-hybridized carbons (Fsp3) is 0.400. The van der Waals surface area contributed by atoms with E-state index in [0.29, 0.717) is 25.1 Å². The van der Waals surface area contributed by atoms with Gasteiger partial charge in [-0.25, -0.2) is 8.78 Å². The van der Waals surface area contributed by atoms with E-state index in [1.807, 2.05) is 0 Å². The fourth-order valence-corrected chi connectivity index (χ4v) is 1.63. The van der Waals surface area contributed by atoms with Gasteiger partial charge in [0.2, 0.25) is 0 Å². The van der Waals surface area contributed by atoms with Crippen LogP contribution in [-0.2, 0) is 6.42 Å². The van der Waals surface area contributed by atoms with E-state index in [-0.39, 0.29) is 5.82 Å². The second kappa shape index (κ2) is 3.32. The first-order valence-electron chi connectivity index (χ1n) is 4.42. The van der Waals surface area contributed by atoms with Crippen LogP contribution in [0, 0.1) is 5.82 Å². The van der Waals surface area contributed by atoms with Crippen LogP contribution in [0.1, 0.15) is 12.0 Å². The number of para-hydroxylation sites is 1. The zero-order valence-corrected chi connectivity index (χ0v) is 7.19. The summed E-state index contributed by atoms with van der Waals surface area (Å²) in [6.45, 7) is 0.509. The minimum Gasteiger partial charge on any atom is -0.382 e. The van der Waals surface area contributed by atoms with Gasteiger partial charge in [0.05, 0.1) is 5.69 Å². The molecule has 0 aromatic heterocycles. The number of alkyl halides is 1. The number of benzene rings is 1. The summed E-state index contributed by atoms with van der Waals surface area (Å²) in [5.41, 5.74) is 1.22. The Morgan fingerprint density at radius 3 is 3.08 bits per heavy atom. The average molecular weight is 183 g/mol. The zero-order chi connectivity index (χ0) is 9.26. The van der Waals surface area contributed by atoms with Crippen molar-refractivity contribution in [1.29, 1.82) is 0 Å². The van der Waals surface area contributed by atoms with Crippen LogP contribution in [0.3, 0.4) is 0 Å². The molecule has 0 radical (unpaired) electrons. The fourth-order valence-electron chi connectivity index (χ4n) is 1.63. The maximum absolute atomic E-state index is 13.2. The first-order valence-corrected chi connectivity index (χ1v) is 4.42. The highest BCUT2D eigenvalue weighted by Gasteiger charge is 2.17. The molecule has 1 atom stereocenters. The Bertz CT molecular complexity index is 312. The molecule has 0 aliphatic carbocycles. The van der Waals surface area contributed by atoms with Crippen molar-refractivity contribution in [2.24, 2.45) is 0 Å². The molecule has 1 aromatic rings. The molecule has 0 saturated heterocycles. The maximum Gasteiger partial charge on any atom is 0.146 e. The third-order valence-corrected chi connectivity index (χ3v) is 2.30. The van der Waals surface area contributed by atoms with E-state index in [0.717, 1.165) is 5.56 Å². The molecule has 0 amide bonds. The van der Waals surface area contributed by atoms with Gasteiger partial charge in [-0.15, -0.1) is 0 Å². The summed E-state index contributed by atoms with van der Waals surface area (Å²) >= 11 is 0. The third-order valence-electron chi connectivity index (χ3n) is 2.30. The van der Waals surface area contributed by atoms with Gasteiger partial charge in [-0.05, 0) is 18.1 Å². The normalized spacial score (nSPS) is 21.5. The summed E-state index contributed by atoms with van der Waals surface area (Å²) < 4.78 is 26.3. The van der Waals surface area contributed by atoms with Gasteiger partial charge in [-0.2, -0.15) is 0 Å². The molecule has 13 heavy (non-hydrogen) atoms. The van der Waals surface area contributed by atoms with Gasteiger partial charge in [0.1, 0.15) is 12.0 Å². The third kappa shape index (κ3) is 1.64. The summed E-state index contributed by atoms with van der Waals surface area (Å²) in [5.74, 6) is -0.286. The summed E-state index contributed by atoms with van der Waals surface area (Å²) in [5, 5.41) is 2.91. The van der Waals surface area contributed by atoms with Gasteiger partial charge in [-0.3, -0.25) is 0 Å². The molecule has 0 fully saturated rings. The van der Waals surface area contributed by atoms with E-state index in [1.54, 1.807) is 12.1 Å². The molecule has 2 rings (SSSR count). The molecule has 0 saturated carbocycles. The summed E-state index contributed by atoms with van der Waals surface area (Å²) in [4.78, 5) is 0. The molecule has 3 heteroatoms. The molecule has 1 aliphatic heterocycles. The van der Waals surface area contributed by atoms with Crippen LogP contribution in [0.2, 0.25) is 0 Å². The quantitative estimate of drug-likeness (QED) is 0.651. The second-order valence-corrected chi connectivity index (χ2v) is 3.29. The highest BCUT2D eigenvalue weighted by Crippen LogP contribution is 2.25. The summed E-state index contributed by atoms with van der Waals surface area (Å²) in [6.07, 6.45) is -0.0793. The van der Waals surface area contributed by atoms with Crippen LogP contribution in [0.5, 0.6) is 0 Å². The lowest BCUT2D eigenvalue weighted by Gasteiger charge is -2.07. The van der Waals surface area contributed by atoms with E-state index < -0.39 is 6.17 Å². The summed E-state index contributed by atoms with van der Waals surface area (Å²) in [6, 6.07) is 4.78. The van der Waals surface area contributed by atoms with Gasteiger partial charge < -0.3 is 5.32 Å². The molecular weight excluding hydrogens is 172 g/mol. The smallest absolute Gasteiger partial charge is 0.146 e. The lowest BCUT2D eigenvalue weighted by Crippen LogP contribution is -2.05. The molecule has 1 aliphatic rings. The first kappa shape index (κ1) is 8.48. The first-order chi connectivity index (χ1) is 6.27. The van der Waals surface area contributed by atoms with Crippen LogP contribution in [0.4, 0.5) is 14.5 Å². The van der Waals surface area contributed by atoms with Crippen molar-refractivity contribution in [1.82, 2.24) is 0 Å². The lowest BCUT2D eigenvalue weighted by atomic mass is 10.1. The number of anilines is 1. The van der Waals surface area contributed by atoms with Gasteiger partial charge in [-0.1, -0.05) is 12.1 Å². The number of halogens is 2. The Labute approximate surface area is 75.8 Å². The van der Waals surface area contributed by atoms with Crippen molar-refractivity contribution >= 4 is 5.69 Å². The number of rotatable bonds is 0. The van der Waals surface area contributed by atoms with Gasteiger partial charge >= 0.3 is 0 Å². The van der Waals surface area contributed by atoms with Crippen molar-refractivity contribution < 1.29 is 8.78 Å². The van der Waals surface area contributed by atoms with Gasteiger partial charge in [0.25, 0.3) is 0 Å². The molecule has 1 heterocycles. The van der Waals surface area contributed by atoms with Gasteiger partial charge in [0.15, 0.2) is 0 Å². The Hall–Kier alpha value is -1.12. The minimum absolute atomic E-state index is 0.286. The van der Waals surface area contributed by atoms with Crippen molar-refractivity contribution in [3.63, 3.8) is 0 Å². The van der Waals surface area contributed by atoms with E-state index in [4.69, 9.17) is 0 Å². The minimum atomic E-state index is -0.851. The van der Waals surface area contributed by atoms with E-state index in [9.17, 15) is 8.78 Å². The number of hydrogen-bond donors (Lipinski definition) is 1. The Kier molecular flexibility index (Phi) is 2.17. The average Bonchev–Trinajstić information content (AvgIpc) is 2.27. The number of hydrogen-bond acceptors (Lipinski definition) is 1. The van der Waals surface area contributed by atoms with Crippen molar-refractivity contribution in [3.05, 3.63) is 29.6 Å². The number of nitrogens with one attached hydrogen (secondary N) is 1.